The number of anilines is 4. The number of thiazole rings is 1. The number of alkyl halides is 3. The largest absolute Gasteiger partial charge is 0.416 e. The number of amides is 2. The van der Waals surface area contributed by atoms with Gasteiger partial charge in [0, 0.05) is 42.8 Å². The molecule has 0 unspecified atom stereocenters. The van der Waals surface area contributed by atoms with Crippen LogP contribution in [0.4, 0.5) is 35.5 Å². The SMILES string of the molecule is Cc1ccc(NC(=O)c2cccc(C(F)(F)F)c2)cc1NC(=O)c1cnc(Nc2ccc(CN3CCOCC3)cn2)s1. The topological polar surface area (TPSA) is 108 Å². The number of benzene rings is 2. The summed E-state index contributed by atoms with van der Waals surface area (Å²) < 4.78 is 44.5. The summed E-state index contributed by atoms with van der Waals surface area (Å²) in [5.74, 6) is -0.510. The second-order valence-corrected chi connectivity index (χ2v) is 10.6. The number of nitrogens with zero attached hydrogens (tertiary/aromatic N) is 3. The predicted octanol–water partition coefficient (Wildman–Crippen LogP) is 5.95. The molecule has 0 spiro atoms. The monoisotopic (exact) mass is 596 g/mol. The molecule has 1 saturated heterocycles. The Morgan fingerprint density at radius 1 is 0.976 bits per heavy atom. The third-order valence-corrected chi connectivity index (χ3v) is 7.41. The van der Waals surface area contributed by atoms with Gasteiger partial charge in [-0.2, -0.15) is 13.2 Å². The van der Waals surface area contributed by atoms with Gasteiger partial charge in [-0.15, -0.1) is 0 Å². The van der Waals surface area contributed by atoms with Crippen molar-refractivity contribution in [1.29, 1.82) is 0 Å². The second-order valence-electron chi connectivity index (χ2n) is 9.61. The highest BCUT2D eigenvalue weighted by Gasteiger charge is 2.31. The van der Waals surface area contributed by atoms with Crippen LogP contribution in [-0.4, -0.2) is 53.0 Å². The molecule has 3 heterocycles. The number of nitrogens with one attached hydrogen (secondary N) is 3. The van der Waals surface area contributed by atoms with Crippen molar-refractivity contribution in [3.8, 4) is 0 Å². The summed E-state index contributed by atoms with van der Waals surface area (Å²) in [5, 5.41) is 8.99. The van der Waals surface area contributed by atoms with Crippen molar-refractivity contribution in [3.63, 3.8) is 0 Å². The van der Waals surface area contributed by atoms with E-state index >= 15 is 0 Å². The first-order valence-corrected chi connectivity index (χ1v) is 13.8. The van der Waals surface area contributed by atoms with Crippen molar-refractivity contribution in [2.75, 3.05) is 42.3 Å². The molecule has 0 bridgehead atoms. The zero-order valence-corrected chi connectivity index (χ0v) is 23.3. The standard InChI is InChI=1S/C29H27F3N6O3S/c1-18-5-7-22(35-26(39)20-3-2-4-21(13-20)29(30,31)32)14-23(18)36-27(40)24-16-34-28(42-24)37-25-8-6-19(15-33-25)17-38-9-11-41-12-10-38/h2-8,13-16H,9-12,17H2,1H3,(H,35,39)(H,36,40)(H,33,34,37). The molecule has 0 aliphatic carbocycles. The van der Waals surface area contributed by atoms with E-state index in [-0.39, 0.29) is 5.56 Å². The first-order chi connectivity index (χ1) is 20.1. The quantitative estimate of drug-likeness (QED) is 0.231. The summed E-state index contributed by atoms with van der Waals surface area (Å²) in [5.41, 5.74) is 1.51. The molecule has 9 nitrogen and oxygen atoms in total. The number of morpholine rings is 1. The number of carbonyl (C=O) groups excluding carboxylic acids is 2. The molecule has 0 atom stereocenters. The average molecular weight is 597 g/mol. The van der Waals surface area contributed by atoms with Gasteiger partial charge in [0.2, 0.25) is 0 Å². The van der Waals surface area contributed by atoms with Gasteiger partial charge in [-0.25, -0.2) is 9.97 Å². The minimum Gasteiger partial charge on any atom is -0.379 e. The lowest BCUT2D eigenvalue weighted by molar-refractivity contribution is -0.137. The average Bonchev–Trinajstić information content (AvgIpc) is 3.45. The Bertz CT molecular complexity index is 1570. The molecule has 0 saturated carbocycles. The van der Waals surface area contributed by atoms with Crippen LogP contribution in [0, 0.1) is 6.92 Å². The minimum atomic E-state index is -4.56. The number of aryl methyl sites for hydroxylation is 1. The number of ether oxygens (including phenoxy) is 1. The molecule has 0 radical (unpaired) electrons. The summed E-state index contributed by atoms with van der Waals surface area (Å²) in [6.07, 6.45) is -1.31. The summed E-state index contributed by atoms with van der Waals surface area (Å²) in [4.78, 5) is 36.9. The maximum Gasteiger partial charge on any atom is 0.416 e. The Morgan fingerprint density at radius 2 is 1.79 bits per heavy atom. The van der Waals surface area contributed by atoms with Crippen molar-refractivity contribution in [2.24, 2.45) is 0 Å². The van der Waals surface area contributed by atoms with Crippen LogP contribution in [0.15, 0.2) is 67.0 Å². The van der Waals surface area contributed by atoms with Gasteiger partial charge in [-0.05, 0) is 54.4 Å². The lowest BCUT2D eigenvalue weighted by Crippen LogP contribution is -2.35. The number of carbonyl (C=O) groups is 2. The van der Waals surface area contributed by atoms with E-state index in [0.717, 1.165) is 67.4 Å². The summed E-state index contributed by atoms with van der Waals surface area (Å²) in [6.45, 7) is 5.83. The molecule has 5 rings (SSSR count). The summed E-state index contributed by atoms with van der Waals surface area (Å²) in [6, 6.07) is 12.8. The van der Waals surface area contributed by atoms with Crippen molar-refractivity contribution >= 4 is 45.5 Å². The van der Waals surface area contributed by atoms with Gasteiger partial charge in [-0.3, -0.25) is 14.5 Å². The lowest BCUT2D eigenvalue weighted by Gasteiger charge is -2.26. The molecule has 4 aromatic rings. The molecule has 42 heavy (non-hydrogen) atoms. The van der Waals surface area contributed by atoms with Crippen molar-refractivity contribution < 1.29 is 27.5 Å². The highest BCUT2D eigenvalue weighted by molar-refractivity contribution is 7.17. The van der Waals surface area contributed by atoms with Crippen LogP contribution in [0.2, 0.25) is 0 Å². The molecular weight excluding hydrogens is 569 g/mol. The Balaban J connectivity index is 1.19. The van der Waals surface area contributed by atoms with Crippen LogP contribution >= 0.6 is 11.3 Å². The number of hydrogen-bond donors (Lipinski definition) is 3. The van der Waals surface area contributed by atoms with Crippen molar-refractivity contribution in [1.82, 2.24) is 14.9 Å². The number of hydrogen-bond acceptors (Lipinski definition) is 8. The Labute approximate surface area is 243 Å². The minimum absolute atomic E-state index is 0.137. The lowest BCUT2D eigenvalue weighted by atomic mass is 10.1. The fourth-order valence-corrected chi connectivity index (χ4v) is 4.93. The summed E-state index contributed by atoms with van der Waals surface area (Å²) >= 11 is 1.15. The van der Waals surface area contributed by atoms with Crippen LogP contribution < -0.4 is 16.0 Å². The normalized spacial score (nSPS) is 13.9. The molecular formula is C29H27F3N6O3S. The molecule has 1 aliphatic heterocycles. The Kier molecular flexibility index (Phi) is 8.80. The molecule has 2 amide bonds. The van der Waals surface area contributed by atoms with Gasteiger partial charge >= 0.3 is 6.18 Å². The van der Waals surface area contributed by atoms with E-state index in [9.17, 15) is 22.8 Å². The van der Waals surface area contributed by atoms with Crippen LogP contribution in [0.5, 0.6) is 0 Å². The maximum atomic E-state index is 13.0. The highest BCUT2D eigenvalue weighted by Crippen LogP contribution is 2.30. The predicted molar refractivity (Wildman–Crippen MR) is 154 cm³/mol. The molecule has 2 aromatic heterocycles. The third-order valence-electron chi connectivity index (χ3n) is 6.49. The Hall–Kier alpha value is -4.33. The first kappa shape index (κ1) is 29.2. The zero-order chi connectivity index (χ0) is 29.7. The fourth-order valence-electron chi connectivity index (χ4n) is 4.21. The van der Waals surface area contributed by atoms with E-state index in [4.69, 9.17) is 4.74 Å². The number of rotatable bonds is 8. The Morgan fingerprint density at radius 3 is 2.52 bits per heavy atom. The molecule has 218 valence electrons. The van der Waals surface area contributed by atoms with Crippen LogP contribution in [0.1, 0.15) is 36.7 Å². The molecule has 2 aromatic carbocycles. The van der Waals surface area contributed by atoms with Gasteiger partial charge < -0.3 is 20.7 Å². The fraction of sp³-hybridized carbons (Fsp3) is 0.241. The second kappa shape index (κ2) is 12.7. The van der Waals surface area contributed by atoms with E-state index in [0.29, 0.717) is 27.2 Å². The maximum absolute atomic E-state index is 13.0. The van der Waals surface area contributed by atoms with Crippen LogP contribution in [-0.2, 0) is 17.5 Å². The van der Waals surface area contributed by atoms with Crippen molar-refractivity contribution in [3.05, 3.63) is 94.1 Å². The van der Waals surface area contributed by atoms with E-state index in [2.05, 4.69) is 30.8 Å². The molecule has 1 fully saturated rings. The number of aromatic nitrogens is 2. The molecule has 1 aliphatic rings. The van der Waals surface area contributed by atoms with Crippen LogP contribution in [0.25, 0.3) is 0 Å². The van der Waals surface area contributed by atoms with E-state index < -0.39 is 23.6 Å². The molecule has 13 heteroatoms. The number of pyridine rings is 1. The first-order valence-electron chi connectivity index (χ1n) is 13.0. The number of halogens is 3. The van der Waals surface area contributed by atoms with E-state index in [1.165, 1.54) is 18.3 Å². The van der Waals surface area contributed by atoms with Crippen LogP contribution in [0.3, 0.4) is 0 Å². The third kappa shape index (κ3) is 7.49. The van der Waals surface area contributed by atoms with Gasteiger partial charge in [0.1, 0.15) is 10.7 Å². The van der Waals surface area contributed by atoms with E-state index in [1.54, 1.807) is 31.3 Å². The summed E-state index contributed by atoms with van der Waals surface area (Å²) in [7, 11) is 0. The van der Waals surface area contributed by atoms with Gasteiger partial charge in [-0.1, -0.05) is 29.5 Å². The van der Waals surface area contributed by atoms with Gasteiger partial charge in [0.15, 0.2) is 5.13 Å². The molecule has 3 N–H and O–H groups in total. The zero-order valence-electron chi connectivity index (χ0n) is 22.5. The van der Waals surface area contributed by atoms with E-state index in [1.807, 2.05) is 12.1 Å². The highest BCUT2D eigenvalue weighted by atomic mass is 32.1. The smallest absolute Gasteiger partial charge is 0.379 e. The van der Waals surface area contributed by atoms with Gasteiger partial charge in [0.25, 0.3) is 11.8 Å². The van der Waals surface area contributed by atoms with Gasteiger partial charge in [0.05, 0.1) is 25.0 Å². The van der Waals surface area contributed by atoms with Crippen molar-refractivity contribution in [2.45, 2.75) is 19.6 Å².